The second kappa shape index (κ2) is 7.31. The zero-order valence-electron chi connectivity index (χ0n) is 11.2. The zero-order valence-corrected chi connectivity index (χ0v) is 11.2. The molecule has 0 aliphatic rings. The van der Waals surface area contributed by atoms with E-state index in [9.17, 15) is 14.4 Å². The van der Waals surface area contributed by atoms with Crippen molar-refractivity contribution in [2.24, 2.45) is 0 Å². The van der Waals surface area contributed by atoms with Crippen molar-refractivity contribution in [3.63, 3.8) is 0 Å². The average Bonchev–Trinajstić information content (AvgIpc) is 2.42. The van der Waals surface area contributed by atoms with Crippen molar-refractivity contribution in [3.8, 4) is 0 Å². The fourth-order valence-electron chi connectivity index (χ4n) is 1.40. The van der Waals surface area contributed by atoms with Crippen LogP contribution in [0.4, 0.5) is 0 Å². The Kier molecular flexibility index (Phi) is 5.73. The maximum Gasteiger partial charge on any atom is 0.292 e. The van der Waals surface area contributed by atoms with Crippen LogP contribution in [0.15, 0.2) is 24.3 Å². The molecule has 2 amide bonds. The molecule has 19 heavy (non-hydrogen) atoms. The molecule has 5 heteroatoms. The van der Waals surface area contributed by atoms with Crippen molar-refractivity contribution in [1.82, 2.24) is 10.6 Å². The van der Waals surface area contributed by atoms with E-state index in [1.165, 1.54) is 0 Å². The van der Waals surface area contributed by atoms with Crippen LogP contribution in [-0.2, 0) is 9.59 Å². The highest BCUT2D eigenvalue weighted by Gasteiger charge is 2.16. The van der Waals surface area contributed by atoms with Gasteiger partial charge in [0.1, 0.15) is 0 Å². The lowest BCUT2D eigenvalue weighted by molar-refractivity contribution is -0.124. The zero-order chi connectivity index (χ0) is 14.3. The minimum Gasteiger partial charge on any atom is -0.355 e. The van der Waals surface area contributed by atoms with E-state index in [0.717, 1.165) is 12.0 Å². The van der Waals surface area contributed by atoms with E-state index in [1.807, 2.05) is 13.8 Å². The van der Waals surface area contributed by atoms with Gasteiger partial charge in [0.15, 0.2) is 0 Å². The summed E-state index contributed by atoms with van der Waals surface area (Å²) in [4.78, 5) is 34.6. The van der Waals surface area contributed by atoms with Crippen LogP contribution in [0.25, 0.3) is 0 Å². The first-order valence-electron chi connectivity index (χ1n) is 6.20. The summed E-state index contributed by atoms with van der Waals surface area (Å²) < 4.78 is 0. The summed E-state index contributed by atoms with van der Waals surface area (Å²) in [7, 11) is 0. The number of Topliss-reactive ketones (excluding diaryl/α,β-unsaturated/α-hetero) is 1. The lowest BCUT2D eigenvalue weighted by atomic mass is 10.1. The molecule has 1 rings (SSSR count). The van der Waals surface area contributed by atoms with Crippen LogP contribution in [0, 0.1) is 6.92 Å². The summed E-state index contributed by atoms with van der Waals surface area (Å²) in [6.07, 6.45) is 0.821. The first-order chi connectivity index (χ1) is 9.04. The molecule has 0 bridgehead atoms. The Morgan fingerprint density at radius 3 is 2.26 bits per heavy atom. The highest BCUT2D eigenvalue weighted by molar-refractivity contribution is 6.43. The molecule has 0 saturated carbocycles. The number of nitrogens with one attached hydrogen (secondary N) is 2. The first kappa shape index (κ1) is 14.9. The molecule has 5 nitrogen and oxygen atoms in total. The monoisotopic (exact) mass is 262 g/mol. The highest BCUT2D eigenvalue weighted by Crippen LogP contribution is 2.03. The van der Waals surface area contributed by atoms with Crippen LogP contribution < -0.4 is 10.6 Å². The van der Waals surface area contributed by atoms with Gasteiger partial charge in [0.05, 0.1) is 6.54 Å². The maximum absolute atomic E-state index is 11.7. The predicted octanol–water partition coefficient (Wildman–Crippen LogP) is 0.820. The topological polar surface area (TPSA) is 75.3 Å². The molecule has 0 aromatic heterocycles. The Hall–Kier alpha value is -2.17. The second-order valence-corrected chi connectivity index (χ2v) is 4.23. The van der Waals surface area contributed by atoms with Gasteiger partial charge in [0, 0.05) is 12.1 Å². The van der Waals surface area contributed by atoms with Gasteiger partial charge in [-0.1, -0.05) is 36.8 Å². The van der Waals surface area contributed by atoms with Crippen LogP contribution in [0.5, 0.6) is 0 Å². The summed E-state index contributed by atoms with van der Waals surface area (Å²) >= 11 is 0. The van der Waals surface area contributed by atoms with Gasteiger partial charge in [0.2, 0.25) is 11.7 Å². The molecular weight excluding hydrogens is 244 g/mol. The van der Waals surface area contributed by atoms with Gasteiger partial charge in [-0.3, -0.25) is 14.4 Å². The number of carbonyl (C=O) groups excluding carboxylic acids is 3. The molecule has 102 valence electrons. The summed E-state index contributed by atoms with van der Waals surface area (Å²) in [5.74, 6) is -1.70. The van der Waals surface area contributed by atoms with E-state index in [2.05, 4.69) is 10.6 Å². The molecule has 0 radical (unpaired) electrons. The van der Waals surface area contributed by atoms with Crippen LogP contribution in [0.1, 0.15) is 29.3 Å². The van der Waals surface area contributed by atoms with Crippen molar-refractivity contribution < 1.29 is 14.4 Å². The van der Waals surface area contributed by atoms with Crippen molar-refractivity contribution in [2.75, 3.05) is 13.1 Å². The quantitative estimate of drug-likeness (QED) is 0.588. The van der Waals surface area contributed by atoms with E-state index < -0.39 is 11.7 Å². The Morgan fingerprint density at radius 2 is 1.68 bits per heavy atom. The minimum absolute atomic E-state index is 0.184. The third-order valence-corrected chi connectivity index (χ3v) is 2.50. The van der Waals surface area contributed by atoms with Gasteiger partial charge in [-0.15, -0.1) is 0 Å². The van der Waals surface area contributed by atoms with Crippen LogP contribution in [-0.4, -0.2) is 30.7 Å². The lowest BCUT2D eigenvalue weighted by Gasteiger charge is -2.05. The van der Waals surface area contributed by atoms with Crippen LogP contribution >= 0.6 is 0 Å². The van der Waals surface area contributed by atoms with Crippen molar-refractivity contribution >= 4 is 17.6 Å². The highest BCUT2D eigenvalue weighted by atomic mass is 16.2. The number of carbonyl (C=O) groups is 3. The molecule has 0 spiro atoms. The smallest absolute Gasteiger partial charge is 0.292 e. The summed E-state index contributed by atoms with van der Waals surface area (Å²) in [5, 5.41) is 4.91. The van der Waals surface area contributed by atoms with Gasteiger partial charge in [-0.2, -0.15) is 0 Å². The fraction of sp³-hybridized carbons (Fsp3) is 0.357. The molecule has 0 unspecified atom stereocenters. The van der Waals surface area contributed by atoms with Crippen LogP contribution in [0.3, 0.4) is 0 Å². The minimum atomic E-state index is -0.768. The van der Waals surface area contributed by atoms with Gasteiger partial charge in [-0.05, 0) is 13.3 Å². The third-order valence-electron chi connectivity index (χ3n) is 2.50. The van der Waals surface area contributed by atoms with E-state index in [4.69, 9.17) is 0 Å². The number of benzene rings is 1. The van der Waals surface area contributed by atoms with Gasteiger partial charge in [0.25, 0.3) is 5.91 Å². The standard InChI is InChI=1S/C14H18N2O3/c1-3-8-15-12(17)9-16-14(19)13(18)11-6-4-10(2)5-7-11/h4-7H,3,8-9H2,1-2H3,(H,15,17)(H,16,19). The Labute approximate surface area is 112 Å². The number of rotatable bonds is 6. The number of ketones is 1. The molecule has 0 atom stereocenters. The summed E-state index contributed by atoms with van der Waals surface area (Å²) in [5.41, 5.74) is 1.33. The van der Waals surface area contributed by atoms with E-state index >= 15 is 0 Å². The third kappa shape index (κ3) is 4.91. The SMILES string of the molecule is CCCNC(=O)CNC(=O)C(=O)c1ccc(C)cc1. The van der Waals surface area contributed by atoms with Crippen molar-refractivity contribution in [2.45, 2.75) is 20.3 Å². The van der Waals surface area contributed by atoms with Crippen LogP contribution in [0.2, 0.25) is 0 Å². The predicted molar refractivity (Wildman–Crippen MR) is 71.8 cm³/mol. The molecule has 2 N–H and O–H groups in total. The van der Waals surface area contributed by atoms with Gasteiger partial charge >= 0.3 is 0 Å². The largest absolute Gasteiger partial charge is 0.355 e. The summed E-state index contributed by atoms with van der Waals surface area (Å²) in [6.45, 7) is 4.20. The Morgan fingerprint density at radius 1 is 1.05 bits per heavy atom. The molecular formula is C14H18N2O3. The fourth-order valence-corrected chi connectivity index (χ4v) is 1.40. The average molecular weight is 262 g/mol. The Balaban J connectivity index is 2.47. The number of hydrogen-bond acceptors (Lipinski definition) is 3. The number of aryl methyl sites for hydroxylation is 1. The second-order valence-electron chi connectivity index (χ2n) is 4.23. The normalized spacial score (nSPS) is 9.79. The van der Waals surface area contributed by atoms with E-state index in [0.29, 0.717) is 12.1 Å². The molecule has 0 aliphatic carbocycles. The Bertz CT molecular complexity index is 466. The van der Waals surface area contributed by atoms with E-state index in [1.54, 1.807) is 24.3 Å². The molecule has 0 fully saturated rings. The molecule has 1 aromatic carbocycles. The van der Waals surface area contributed by atoms with Gasteiger partial charge in [-0.25, -0.2) is 0 Å². The van der Waals surface area contributed by atoms with E-state index in [-0.39, 0.29) is 12.5 Å². The lowest BCUT2D eigenvalue weighted by Crippen LogP contribution is -2.40. The maximum atomic E-state index is 11.7. The van der Waals surface area contributed by atoms with Crippen molar-refractivity contribution in [1.29, 1.82) is 0 Å². The summed E-state index contributed by atoms with van der Waals surface area (Å²) in [6, 6.07) is 6.70. The first-order valence-corrected chi connectivity index (χ1v) is 6.20. The molecule has 0 saturated heterocycles. The molecule has 0 heterocycles. The molecule has 0 aliphatic heterocycles. The number of hydrogen-bond donors (Lipinski definition) is 2. The molecule has 1 aromatic rings. The number of amides is 2. The van der Waals surface area contributed by atoms with Crippen molar-refractivity contribution in [3.05, 3.63) is 35.4 Å². The van der Waals surface area contributed by atoms with Gasteiger partial charge < -0.3 is 10.6 Å².